The fraction of sp³-hybridized carbons (Fsp3) is 0.667. The Hall–Kier alpha value is -1.10. The van der Waals surface area contributed by atoms with Gasteiger partial charge in [-0.25, -0.2) is 0 Å². The van der Waals surface area contributed by atoms with Crippen LogP contribution in [0, 0.1) is 5.92 Å². The van der Waals surface area contributed by atoms with Crippen LogP contribution in [0.15, 0.2) is 24.3 Å². The Morgan fingerprint density at radius 3 is 2.59 bits per heavy atom. The summed E-state index contributed by atoms with van der Waals surface area (Å²) in [5.74, 6) is 0.780. The van der Waals surface area contributed by atoms with E-state index in [-0.39, 0.29) is 5.79 Å². The quantitative estimate of drug-likeness (QED) is 0.926. The molecule has 0 radical (unpaired) electrons. The third-order valence-corrected chi connectivity index (χ3v) is 5.24. The SMILES string of the molecule is CC(c1cccc(O)c1)N(C)CC1CCC2(CC1)OCCO2. The molecule has 0 amide bonds. The number of benzene rings is 1. The van der Waals surface area contributed by atoms with Crippen LogP contribution in [0.4, 0.5) is 0 Å². The van der Waals surface area contributed by atoms with Crippen LogP contribution in [0.1, 0.15) is 44.2 Å². The minimum atomic E-state index is -0.258. The lowest BCUT2D eigenvalue weighted by molar-refractivity contribution is -0.183. The van der Waals surface area contributed by atoms with Crippen molar-refractivity contribution in [3.63, 3.8) is 0 Å². The van der Waals surface area contributed by atoms with Gasteiger partial charge in [-0.2, -0.15) is 0 Å². The van der Waals surface area contributed by atoms with Gasteiger partial charge in [0.15, 0.2) is 5.79 Å². The largest absolute Gasteiger partial charge is 0.508 e. The predicted octanol–water partition coefficient (Wildman–Crippen LogP) is 3.32. The van der Waals surface area contributed by atoms with Gasteiger partial charge in [0.2, 0.25) is 0 Å². The maximum absolute atomic E-state index is 9.64. The van der Waals surface area contributed by atoms with E-state index in [1.165, 1.54) is 0 Å². The molecule has 0 bridgehead atoms. The maximum Gasteiger partial charge on any atom is 0.168 e. The third-order valence-electron chi connectivity index (χ3n) is 5.24. The van der Waals surface area contributed by atoms with Crippen molar-refractivity contribution in [2.45, 2.75) is 44.4 Å². The van der Waals surface area contributed by atoms with E-state index in [1.54, 1.807) is 6.07 Å². The molecule has 1 saturated carbocycles. The van der Waals surface area contributed by atoms with Gasteiger partial charge < -0.3 is 14.6 Å². The van der Waals surface area contributed by atoms with Crippen molar-refractivity contribution < 1.29 is 14.6 Å². The second-order valence-electron chi connectivity index (χ2n) is 6.76. The summed E-state index contributed by atoms with van der Waals surface area (Å²) in [4.78, 5) is 2.38. The van der Waals surface area contributed by atoms with Crippen molar-refractivity contribution in [3.05, 3.63) is 29.8 Å². The van der Waals surface area contributed by atoms with Gasteiger partial charge in [0.05, 0.1) is 13.2 Å². The summed E-state index contributed by atoms with van der Waals surface area (Å²) in [5.41, 5.74) is 1.16. The number of rotatable bonds is 4. The van der Waals surface area contributed by atoms with E-state index < -0.39 is 0 Å². The van der Waals surface area contributed by atoms with Gasteiger partial charge >= 0.3 is 0 Å². The highest BCUT2D eigenvalue weighted by molar-refractivity contribution is 5.29. The first-order valence-corrected chi connectivity index (χ1v) is 8.35. The first-order chi connectivity index (χ1) is 10.6. The molecule has 1 aromatic rings. The van der Waals surface area contributed by atoms with Gasteiger partial charge in [-0.05, 0) is 50.4 Å². The third kappa shape index (κ3) is 3.45. The van der Waals surface area contributed by atoms with Crippen molar-refractivity contribution in [2.24, 2.45) is 5.92 Å². The molecule has 4 heteroatoms. The summed E-state index contributed by atoms with van der Waals surface area (Å²) in [6.45, 7) is 4.77. The van der Waals surface area contributed by atoms with Gasteiger partial charge in [-0.15, -0.1) is 0 Å². The normalized spacial score (nSPS) is 23.2. The molecule has 2 fully saturated rings. The average molecular weight is 305 g/mol. The molecule has 1 aliphatic heterocycles. The minimum absolute atomic E-state index is 0.258. The maximum atomic E-state index is 9.64. The van der Waals surface area contributed by atoms with E-state index in [9.17, 15) is 5.11 Å². The Morgan fingerprint density at radius 1 is 1.27 bits per heavy atom. The topological polar surface area (TPSA) is 41.9 Å². The number of aromatic hydroxyl groups is 1. The van der Waals surface area contributed by atoms with E-state index in [1.807, 2.05) is 12.1 Å². The van der Waals surface area contributed by atoms with E-state index in [0.717, 1.165) is 51.0 Å². The Balaban J connectivity index is 1.52. The molecule has 0 aromatic heterocycles. The summed E-state index contributed by atoms with van der Waals surface area (Å²) in [6, 6.07) is 7.88. The lowest BCUT2D eigenvalue weighted by atomic mass is 9.84. The number of phenolic OH excluding ortho intramolecular Hbond substituents is 1. The van der Waals surface area contributed by atoms with E-state index >= 15 is 0 Å². The predicted molar refractivity (Wildman–Crippen MR) is 85.7 cm³/mol. The number of hydrogen-bond acceptors (Lipinski definition) is 4. The first kappa shape index (κ1) is 15.8. The lowest BCUT2D eigenvalue weighted by Gasteiger charge is -2.37. The highest BCUT2D eigenvalue weighted by Crippen LogP contribution is 2.39. The van der Waals surface area contributed by atoms with E-state index in [0.29, 0.717) is 17.7 Å². The van der Waals surface area contributed by atoms with Crippen molar-refractivity contribution in [2.75, 3.05) is 26.8 Å². The standard InChI is InChI=1S/C18H27NO3/c1-14(16-4-3-5-17(20)12-16)19(2)13-15-6-8-18(9-7-15)21-10-11-22-18/h3-5,12,14-15,20H,6-11,13H2,1-2H3. The van der Waals surface area contributed by atoms with E-state index in [4.69, 9.17) is 9.47 Å². The average Bonchev–Trinajstić information content (AvgIpc) is 2.97. The van der Waals surface area contributed by atoms with Crippen LogP contribution in [-0.4, -0.2) is 42.6 Å². The molecule has 1 spiro atoms. The summed E-state index contributed by atoms with van der Waals surface area (Å²) in [5, 5.41) is 9.64. The Kier molecular flexibility index (Phi) is 4.71. The van der Waals surface area contributed by atoms with Crippen molar-refractivity contribution >= 4 is 0 Å². The first-order valence-electron chi connectivity index (χ1n) is 8.35. The Morgan fingerprint density at radius 2 is 1.95 bits per heavy atom. The fourth-order valence-electron chi connectivity index (χ4n) is 3.69. The van der Waals surface area contributed by atoms with Crippen LogP contribution in [0.25, 0.3) is 0 Å². The molecule has 1 N–H and O–H groups in total. The molecule has 1 atom stereocenters. The van der Waals surface area contributed by atoms with Crippen LogP contribution < -0.4 is 0 Å². The Bertz CT molecular complexity index is 489. The van der Waals surface area contributed by atoms with Gasteiger partial charge in [-0.1, -0.05) is 12.1 Å². The molecular weight excluding hydrogens is 278 g/mol. The number of nitrogens with zero attached hydrogens (tertiary/aromatic N) is 1. The molecule has 3 rings (SSSR count). The molecular formula is C18H27NO3. The van der Waals surface area contributed by atoms with Gasteiger partial charge in [-0.3, -0.25) is 4.90 Å². The summed E-state index contributed by atoms with van der Waals surface area (Å²) in [6.07, 6.45) is 4.37. The van der Waals surface area contributed by atoms with Crippen molar-refractivity contribution in [1.82, 2.24) is 4.90 Å². The zero-order valence-corrected chi connectivity index (χ0v) is 13.6. The van der Waals surface area contributed by atoms with Crippen LogP contribution in [-0.2, 0) is 9.47 Å². The van der Waals surface area contributed by atoms with Crippen molar-refractivity contribution in [3.8, 4) is 5.75 Å². The molecule has 1 saturated heterocycles. The zero-order chi connectivity index (χ0) is 15.6. The monoisotopic (exact) mass is 305 g/mol. The molecule has 122 valence electrons. The van der Waals surface area contributed by atoms with Gasteiger partial charge in [0, 0.05) is 25.4 Å². The molecule has 1 heterocycles. The zero-order valence-electron chi connectivity index (χ0n) is 13.6. The minimum Gasteiger partial charge on any atom is -0.508 e. The van der Waals surface area contributed by atoms with E-state index in [2.05, 4.69) is 24.9 Å². The number of phenols is 1. The highest BCUT2D eigenvalue weighted by Gasteiger charge is 2.40. The second-order valence-corrected chi connectivity index (χ2v) is 6.76. The number of ether oxygens (including phenoxy) is 2. The summed E-state index contributed by atoms with van der Waals surface area (Å²) in [7, 11) is 2.17. The highest BCUT2D eigenvalue weighted by atomic mass is 16.7. The number of hydrogen-bond donors (Lipinski definition) is 1. The van der Waals surface area contributed by atoms with Gasteiger partial charge in [0.1, 0.15) is 5.75 Å². The summed E-state index contributed by atoms with van der Waals surface area (Å²) >= 11 is 0. The molecule has 2 aliphatic rings. The fourth-order valence-corrected chi connectivity index (χ4v) is 3.69. The lowest BCUT2D eigenvalue weighted by Crippen LogP contribution is -2.38. The van der Waals surface area contributed by atoms with Crippen LogP contribution in [0.2, 0.25) is 0 Å². The molecule has 22 heavy (non-hydrogen) atoms. The molecule has 4 nitrogen and oxygen atoms in total. The molecule has 1 aliphatic carbocycles. The molecule has 1 unspecified atom stereocenters. The summed E-state index contributed by atoms with van der Waals surface area (Å²) < 4.78 is 11.6. The van der Waals surface area contributed by atoms with Crippen LogP contribution in [0.3, 0.4) is 0 Å². The second kappa shape index (κ2) is 6.57. The van der Waals surface area contributed by atoms with Crippen LogP contribution in [0.5, 0.6) is 5.75 Å². The smallest absolute Gasteiger partial charge is 0.168 e. The van der Waals surface area contributed by atoms with Gasteiger partial charge in [0.25, 0.3) is 0 Å². The molecule has 1 aromatic carbocycles. The van der Waals surface area contributed by atoms with Crippen LogP contribution >= 0.6 is 0 Å². The van der Waals surface area contributed by atoms with Crippen molar-refractivity contribution in [1.29, 1.82) is 0 Å². The Labute approximate surface area is 133 Å².